The first kappa shape index (κ1) is 14.6. The second-order valence-electron chi connectivity index (χ2n) is 5.91. The van der Waals surface area contributed by atoms with Gasteiger partial charge in [0.25, 0.3) is 0 Å². The summed E-state index contributed by atoms with van der Waals surface area (Å²) in [4.78, 5) is 2.53. The molecule has 19 heavy (non-hydrogen) atoms. The van der Waals surface area contributed by atoms with Crippen LogP contribution < -0.4 is 5.32 Å². The van der Waals surface area contributed by atoms with Crippen LogP contribution in [-0.4, -0.2) is 31.1 Å². The minimum absolute atomic E-state index is 0.468. The molecule has 1 N–H and O–H groups in total. The summed E-state index contributed by atoms with van der Waals surface area (Å²) in [5.74, 6) is 1.08. The van der Waals surface area contributed by atoms with Gasteiger partial charge in [-0.2, -0.15) is 0 Å². The van der Waals surface area contributed by atoms with Gasteiger partial charge < -0.3 is 9.73 Å². The van der Waals surface area contributed by atoms with Crippen LogP contribution in [0.2, 0.25) is 0 Å². The molecule has 0 aromatic carbocycles. The second kappa shape index (κ2) is 7.11. The van der Waals surface area contributed by atoms with Gasteiger partial charge in [-0.25, -0.2) is 0 Å². The Hall–Kier alpha value is -0.800. The Bertz CT molecular complexity index is 336. The van der Waals surface area contributed by atoms with E-state index >= 15 is 0 Å². The highest BCUT2D eigenvalue weighted by atomic mass is 16.3. The first-order valence-electron chi connectivity index (χ1n) is 7.73. The number of piperidine rings is 1. The molecule has 3 heteroatoms. The van der Waals surface area contributed by atoms with Crippen molar-refractivity contribution in [2.45, 2.75) is 46.1 Å². The lowest BCUT2D eigenvalue weighted by Gasteiger charge is -2.41. The molecule has 1 aromatic rings. The van der Waals surface area contributed by atoms with Crippen LogP contribution in [0.25, 0.3) is 0 Å². The van der Waals surface area contributed by atoms with Crippen LogP contribution in [0.4, 0.5) is 0 Å². The van der Waals surface area contributed by atoms with E-state index in [1.165, 1.54) is 45.3 Å². The highest BCUT2D eigenvalue weighted by Gasteiger charge is 2.32. The molecule has 0 amide bonds. The number of rotatable bonds is 7. The number of nitrogens with zero attached hydrogens (tertiary/aromatic N) is 1. The zero-order valence-electron chi connectivity index (χ0n) is 12.5. The van der Waals surface area contributed by atoms with Crippen molar-refractivity contribution in [2.24, 2.45) is 5.41 Å². The lowest BCUT2D eigenvalue weighted by molar-refractivity contribution is 0.100. The third-order valence-corrected chi connectivity index (χ3v) is 4.31. The van der Waals surface area contributed by atoms with Crippen molar-refractivity contribution in [3.05, 3.63) is 24.2 Å². The van der Waals surface area contributed by atoms with E-state index in [1.54, 1.807) is 6.26 Å². The lowest BCUT2D eigenvalue weighted by atomic mass is 9.76. The van der Waals surface area contributed by atoms with Gasteiger partial charge in [-0.15, -0.1) is 0 Å². The van der Waals surface area contributed by atoms with Crippen molar-refractivity contribution in [2.75, 3.05) is 26.2 Å². The Morgan fingerprint density at radius 3 is 2.89 bits per heavy atom. The molecule has 1 aliphatic heterocycles. The number of nitrogens with one attached hydrogen (secondary N) is 1. The summed E-state index contributed by atoms with van der Waals surface area (Å²) in [5, 5.41) is 3.60. The average Bonchev–Trinajstić information content (AvgIpc) is 2.92. The summed E-state index contributed by atoms with van der Waals surface area (Å²) in [7, 11) is 0. The molecule has 1 saturated heterocycles. The predicted octanol–water partition coefficient (Wildman–Crippen LogP) is 3.27. The zero-order chi connectivity index (χ0) is 13.6. The molecule has 3 nitrogen and oxygen atoms in total. The quantitative estimate of drug-likeness (QED) is 0.819. The van der Waals surface area contributed by atoms with Gasteiger partial charge in [-0.1, -0.05) is 20.3 Å². The molecule has 0 saturated carbocycles. The fourth-order valence-electron chi connectivity index (χ4n) is 3.36. The topological polar surface area (TPSA) is 28.4 Å². The van der Waals surface area contributed by atoms with Crippen molar-refractivity contribution >= 4 is 0 Å². The van der Waals surface area contributed by atoms with Gasteiger partial charge >= 0.3 is 0 Å². The Labute approximate surface area is 117 Å². The second-order valence-corrected chi connectivity index (χ2v) is 5.91. The van der Waals surface area contributed by atoms with Crippen molar-refractivity contribution in [3.8, 4) is 0 Å². The third-order valence-electron chi connectivity index (χ3n) is 4.31. The van der Waals surface area contributed by atoms with E-state index in [9.17, 15) is 0 Å². The number of furan rings is 1. The molecule has 0 aliphatic carbocycles. The molecule has 2 heterocycles. The highest BCUT2D eigenvalue weighted by molar-refractivity contribution is 4.98. The molecule has 1 aromatic heterocycles. The normalized spacial score (nSPS) is 23.9. The Balaban J connectivity index is 1.97. The van der Waals surface area contributed by atoms with Crippen molar-refractivity contribution < 1.29 is 4.42 Å². The summed E-state index contributed by atoms with van der Waals surface area (Å²) in [6.07, 6.45) is 7.06. The van der Waals surface area contributed by atoms with E-state index in [4.69, 9.17) is 4.42 Å². The first-order valence-corrected chi connectivity index (χ1v) is 7.73. The van der Waals surface area contributed by atoms with Gasteiger partial charge in [0, 0.05) is 13.1 Å². The van der Waals surface area contributed by atoms with Gasteiger partial charge in [-0.3, -0.25) is 4.90 Å². The maximum absolute atomic E-state index is 5.49. The Morgan fingerprint density at radius 2 is 2.32 bits per heavy atom. The summed E-state index contributed by atoms with van der Waals surface area (Å²) >= 11 is 0. The molecule has 0 bridgehead atoms. The molecule has 108 valence electrons. The van der Waals surface area contributed by atoms with Crippen LogP contribution in [-0.2, 0) is 6.54 Å². The Kier molecular flexibility index (Phi) is 5.46. The summed E-state index contributed by atoms with van der Waals surface area (Å²) in [5.41, 5.74) is 0.468. The fourth-order valence-corrected chi connectivity index (χ4v) is 3.36. The molecule has 1 fully saturated rings. The monoisotopic (exact) mass is 264 g/mol. The summed E-state index contributed by atoms with van der Waals surface area (Å²) < 4.78 is 5.49. The van der Waals surface area contributed by atoms with Gasteiger partial charge in [0.2, 0.25) is 0 Å². The zero-order valence-corrected chi connectivity index (χ0v) is 12.5. The first-order chi connectivity index (χ1) is 9.28. The largest absolute Gasteiger partial charge is 0.468 e. The van der Waals surface area contributed by atoms with E-state index in [2.05, 4.69) is 30.1 Å². The minimum atomic E-state index is 0.468. The maximum Gasteiger partial charge on any atom is 0.117 e. The van der Waals surface area contributed by atoms with Crippen LogP contribution in [0, 0.1) is 5.41 Å². The Morgan fingerprint density at radius 1 is 1.42 bits per heavy atom. The van der Waals surface area contributed by atoms with Crippen LogP contribution in [0.1, 0.15) is 45.3 Å². The van der Waals surface area contributed by atoms with Gasteiger partial charge in [-0.05, 0) is 49.9 Å². The van der Waals surface area contributed by atoms with Crippen molar-refractivity contribution in [1.29, 1.82) is 0 Å². The summed E-state index contributed by atoms with van der Waals surface area (Å²) in [6, 6.07) is 4.06. The number of hydrogen-bond donors (Lipinski definition) is 1. The fraction of sp³-hybridized carbons (Fsp3) is 0.750. The van der Waals surface area contributed by atoms with Crippen LogP contribution in [0.3, 0.4) is 0 Å². The molecule has 1 unspecified atom stereocenters. The average molecular weight is 264 g/mol. The molecule has 0 spiro atoms. The summed E-state index contributed by atoms with van der Waals surface area (Å²) in [6.45, 7) is 10.1. The highest BCUT2D eigenvalue weighted by Crippen LogP contribution is 2.33. The lowest BCUT2D eigenvalue weighted by Crippen LogP contribution is -2.47. The van der Waals surface area contributed by atoms with E-state index < -0.39 is 0 Å². The molecule has 0 radical (unpaired) electrons. The van der Waals surface area contributed by atoms with Gasteiger partial charge in [0.15, 0.2) is 0 Å². The molecular weight excluding hydrogens is 236 g/mol. The SMILES string of the molecule is CCCC1(CN(CC)Cc2ccco2)CCCNC1. The molecule has 1 atom stereocenters. The third kappa shape index (κ3) is 4.08. The van der Waals surface area contributed by atoms with Gasteiger partial charge in [0.1, 0.15) is 5.76 Å². The van der Waals surface area contributed by atoms with Crippen LogP contribution in [0.5, 0.6) is 0 Å². The molecule has 2 rings (SSSR count). The smallest absolute Gasteiger partial charge is 0.117 e. The van der Waals surface area contributed by atoms with E-state index in [-0.39, 0.29) is 0 Å². The van der Waals surface area contributed by atoms with E-state index in [0.29, 0.717) is 5.41 Å². The maximum atomic E-state index is 5.49. The van der Waals surface area contributed by atoms with Crippen molar-refractivity contribution in [1.82, 2.24) is 10.2 Å². The molecule has 1 aliphatic rings. The van der Waals surface area contributed by atoms with Gasteiger partial charge in [0.05, 0.1) is 12.8 Å². The van der Waals surface area contributed by atoms with E-state index in [1.807, 2.05) is 6.07 Å². The van der Waals surface area contributed by atoms with E-state index in [0.717, 1.165) is 18.8 Å². The minimum Gasteiger partial charge on any atom is -0.468 e. The molecular formula is C16H28N2O. The number of hydrogen-bond acceptors (Lipinski definition) is 3. The predicted molar refractivity (Wildman–Crippen MR) is 79.1 cm³/mol. The van der Waals surface area contributed by atoms with Crippen molar-refractivity contribution in [3.63, 3.8) is 0 Å². The van der Waals surface area contributed by atoms with Crippen LogP contribution >= 0.6 is 0 Å². The van der Waals surface area contributed by atoms with Crippen LogP contribution in [0.15, 0.2) is 22.8 Å². The standard InChI is InChI=1S/C16H28N2O/c1-3-8-16(9-6-10-17-13-16)14-18(4-2)12-15-7-5-11-19-15/h5,7,11,17H,3-4,6,8-10,12-14H2,1-2H3.